The molecule has 4 nitrogen and oxygen atoms in total. The van der Waals surface area contributed by atoms with Crippen molar-refractivity contribution < 1.29 is 9.53 Å². The van der Waals surface area contributed by atoms with Gasteiger partial charge in [0.2, 0.25) is 0 Å². The molecule has 154 valence electrons. The van der Waals surface area contributed by atoms with Gasteiger partial charge >= 0.3 is 5.97 Å². The molecule has 1 atom stereocenters. The number of benzene rings is 2. The minimum atomic E-state index is -0.0208. The van der Waals surface area contributed by atoms with Gasteiger partial charge in [0.1, 0.15) is 0 Å². The second-order valence-electron chi connectivity index (χ2n) is 8.15. The van der Waals surface area contributed by atoms with E-state index >= 15 is 0 Å². The standard InChI is InChI=1S/C25H32N2O2/c1-2-29-25(28)22-11-7-16-26(19-22)17-8-18-27-23-12-5-3-9-20(23)14-15-21-10-4-6-13-24(21)27/h3-6,9-10,12-13,22H,2,7-8,11,14-19H2,1H3/t22-/m0/s1. The van der Waals surface area contributed by atoms with Crippen molar-refractivity contribution in [2.24, 2.45) is 5.92 Å². The third-order valence-electron chi connectivity index (χ3n) is 6.21. The molecule has 1 saturated heterocycles. The van der Waals surface area contributed by atoms with E-state index in [0.717, 1.165) is 58.3 Å². The summed E-state index contributed by atoms with van der Waals surface area (Å²) >= 11 is 0. The van der Waals surface area contributed by atoms with Crippen LogP contribution in [0.5, 0.6) is 0 Å². The average Bonchev–Trinajstić information content (AvgIpc) is 2.92. The molecule has 4 rings (SSSR count). The number of ether oxygens (including phenoxy) is 1. The fourth-order valence-electron chi connectivity index (χ4n) is 4.77. The summed E-state index contributed by atoms with van der Waals surface area (Å²) in [6, 6.07) is 17.6. The lowest BCUT2D eigenvalue weighted by atomic mass is 9.98. The zero-order valence-corrected chi connectivity index (χ0v) is 17.5. The molecule has 0 saturated carbocycles. The molecule has 0 radical (unpaired) electrons. The first kappa shape index (κ1) is 20.0. The molecule has 0 bridgehead atoms. The van der Waals surface area contributed by atoms with Crippen LogP contribution in [-0.2, 0) is 22.4 Å². The van der Waals surface area contributed by atoms with Crippen LogP contribution in [0.4, 0.5) is 11.4 Å². The van der Waals surface area contributed by atoms with Gasteiger partial charge in [0.15, 0.2) is 0 Å². The summed E-state index contributed by atoms with van der Waals surface area (Å²) in [7, 11) is 0. The molecule has 2 aromatic carbocycles. The summed E-state index contributed by atoms with van der Waals surface area (Å²) < 4.78 is 5.25. The summed E-state index contributed by atoms with van der Waals surface area (Å²) in [6.45, 7) is 6.30. The second kappa shape index (κ2) is 9.45. The van der Waals surface area contributed by atoms with E-state index in [-0.39, 0.29) is 11.9 Å². The van der Waals surface area contributed by atoms with Crippen molar-refractivity contribution in [1.29, 1.82) is 0 Å². The van der Waals surface area contributed by atoms with Crippen molar-refractivity contribution in [2.75, 3.05) is 37.7 Å². The highest BCUT2D eigenvalue weighted by molar-refractivity contribution is 5.73. The molecular formula is C25H32N2O2. The van der Waals surface area contributed by atoms with Crippen LogP contribution in [-0.4, -0.2) is 43.7 Å². The molecule has 0 aromatic heterocycles. The number of piperidine rings is 1. The lowest BCUT2D eigenvalue weighted by Crippen LogP contribution is -2.40. The van der Waals surface area contributed by atoms with Crippen LogP contribution in [0.3, 0.4) is 0 Å². The fraction of sp³-hybridized carbons (Fsp3) is 0.480. The van der Waals surface area contributed by atoms with Crippen LogP contribution < -0.4 is 4.90 Å². The minimum absolute atomic E-state index is 0.0208. The van der Waals surface area contributed by atoms with E-state index in [4.69, 9.17) is 4.74 Å². The number of likely N-dealkylation sites (tertiary alicyclic amines) is 1. The Morgan fingerprint density at radius 3 is 2.31 bits per heavy atom. The minimum Gasteiger partial charge on any atom is -0.466 e. The van der Waals surface area contributed by atoms with Gasteiger partial charge in [0.05, 0.1) is 12.5 Å². The quantitative estimate of drug-likeness (QED) is 0.673. The van der Waals surface area contributed by atoms with E-state index in [1.54, 1.807) is 0 Å². The lowest BCUT2D eigenvalue weighted by Gasteiger charge is -2.33. The molecule has 1 fully saturated rings. The van der Waals surface area contributed by atoms with Crippen molar-refractivity contribution in [3.63, 3.8) is 0 Å². The van der Waals surface area contributed by atoms with Gasteiger partial charge in [-0.1, -0.05) is 36.4 Å². The highest BCUT2D eigenvalue weighted by atomic mass is 16.5. The Morgan fingerprint density at radius 1 is 1.00 bits per heavy atom. The van der Waals surface area contributed by atoms with Gasteiger partial charge < -0.3 is 14.5 Å². The number of esters is 1. The van der Waals surface area contributed by atoms with Gasteiger partial charge in [-0.25, -0.2) is 0 Å². The van der Waals surface area contributed by atoms with Crippen LogP contribution in [0.2, 0.25) is 0 Å². The van der Waals surface area contributed by atoms with Crippen molar-refractivity contribution in [2.45, 2.75) is 39.0 Å². The van der Waals surface area contributed by atoms with Gasteiger partial charge in [0, 0.05) is 24.5 Å². The highest BCUT2D eigenvalue weighted by Crippen LogP contribution is 2.35. The zero-order chi connectivity index (χ0) is 20.1. The molecule has 0 N–H and O–H groups in total. The van der Waals surface area contributed by atoms with Gasteiger partial charge in [-0.15, -0.1) is 0 Å². The van der Waals surface area contributed by atoms with Gasteiger partial charge in [0.25, 0.3) is 0 Å². The third-order valence-corrected chi connectivity index (χ3v) is 6.21. The summed E-state index contributed by atoms with van der Waals surface area (Å²) in [5.41, 5.74) is 5.56. The third kappa shape index (κ3) is 4.64. The summed E-state index contributed by atoms with van der Waals surface area (Å²) in [4.78, 5) is 17.1. The van der Waals surface area contributed by atoms with Crippen LogP contribution in [0.25, 0.3) is 0 Å². The van der Waals surface area contributed by atoms with E-state index in [0.29, 0.717) is 6.61 Å². The Balaban J connectivity index is 1.43. The average molecular weight is 393 g/mol. The SMILES string of the molecule is CCOC(=O)[C@H]1CCCN(CCCN2c3ccccc3CCc3ccccc32)C1. The Kier molecular flexibility index (Phi) is 6.50. The van der Waals surface area contributed by atoms with Gasteiger partial charge in [-0.05, 0) is 75.4 Å². The molecule has 0 unspecified atom stereocenters. The Morgan fingerprint density at radius 2 is 1.66 bits per heavy atom. The van der Waals surface area contributed by atoms with Crippen LogP contribution in [0, 0.1) is 5.92 Å². The summed E-state index contributed by atoms with van der Waals surface area (Å²) in [5, 5.41) is 0. The number of fused-ring (bicyclic) bond motifs is 2. The van der Waals surface area contributed by atoms with Crippen LogP contribution in [0.1, 0.15) is 37.3 Å². The zero-order valence-electron chi connectivity index (χ0n) is 17.5. The number of anilines is 2. The lowest BCUT2D eigenvalue weighted by molar-refractivity contribution is -0.149. The number of carbonyl (C=O) groups excluding carboxylic acids is 1. The topological polar surface area (TPSA) is 32.8 Å². The van der Waals surface area contributed by atoms with Crippen molar-refractivity contribution in [1.82, 2.24) is 4.90 Å². The van der Waals surface area contributed by atoms with Crippen LogP contribution in [0.15, 0.2) is 48.5 Å². The number of nitrogens with zero attached hydrogens (tertiary/aromatic N) is 2. The molecule has 0 spiro atoms. The summed E-state index contributed by atoms with van der Waals surface area (Å²) in [6.07, 6.45) is 5.31. The number of hydrogen-bond acceptors (Lipinski definition) is 4. The second-order valence-corrected chi connectivity index (χ2v) is 8.15. The maximum absolute atomic E-state index is 12.1. The molecular weight excluding hydrogens is 360 g/mol. The van der Waals surface area contributed by atoms with E-state index in [1.165, 1.54) is 22.5 Å². The van der Waals surface area contributed by atoms with Gasteiger partial charge in [-0.3, -0.25) is 4.79 Å². The van der Waals surface area contributed by atoms with Crippen molar-refractivity contribution in [3.8, 4) is 0 Å². The maximum atomic E-state index is 12.1. The van der Waals surface area contributed by atoms with E-state index in [9.17, 15) is 4.79 Å². The predicted molar refractivity (Wildman–Crippen MR) is 118 cm³/mol. The molecule has 0 aliphatic carbocycles. The molecule has 29 heavy (non-hydrogen) atoms. The van der Waals surface area contributed by atoms with Crippen molar-refractivity contribution in [3.05, 3.63) is 59.7 Å². The highest BCUT2D eigenvalue weighted by Gasteiger charge is 2.27. The van der Waals surface area contributed by atoms with E-state index in [2.05, 4.69) is 58.3 Å². The summed E-state index contributed by atoms with van der Waals surface area (Å²) in [5.74, 6) is 0.0240. The smallest absolute Gasteiger partial charge is 0.310 e. The molecule has 2 aromatic rings. The largest absolute Gasteiger partial charge is 0.466 e. The first-order chi connectivity index (χ1) is 14.3. The molecule has 0 amide bonds. The molecule has 4 heteroatoms. The normalized spacial score (nSPS) is 19.2. The number of para-hydroxylation sites is 2. The van der Waals surface area contributed by atoms with Gasteiger partial charge in [-0.2, -0.15) is 0 Å². The molecule has 2 heterocycles. The predicted octanol–water partition coefficient (Wildman–Crippen LogP) is 4.59. The van der Waals surface area contributed by atoms with E-state index < -0.39 is 0 Å². The maximum Gasteiger partial charge on any atom is 0.310 e. The number of carbonyl (C=O) groups is 1. The Labute approximate surface area is 174 Å². The number of hydrogen-bond donors (Lipinski definition) is 0. The first-order valence-corrected chi connectivity index (χ1v) is 11.1. The number of rotatable bonds is 6. The van der Waals surface area contributed by atoms with Crippen molar-refractivity contribution >= 4 is 17.3 Å². The fourth-order valence-corrected chi connectivity index (χ4v) is 4.77. The molecule has 2 aliphatic heterocycles. The Hall–Kier alpha value is -2.33. The van der Waals surface area contributed by atoms with E-state index in [1.807, 2.05) is 6.92 Å². The monoisotopic (exact) mass is 392 g/mol. The molecule has 2 aliphatic rings. The Bertz CT molecular complexity index is 788. The van der Waals surface area contributed by atoms with Crippen LogP contribution >= 0.6 is 0 Å². The number of aryl methyl sites for hydroxylation is 2. The first-order valence-electron chi connectivity index (χ1n) is 11.1.